The fourth-order valence-corrected chi connectivity index (χ4v) is 4.97. The van der Waals surface area contributed by atoms with Crippen LogP contribution in [0.15, 0.2) is 81.4 Å². The summed E-state index contributed by atoms with van der Waals surface area (Å²) >= 11 is 3.89. The Kier molecular flexibility index (Phi) is 6.72. The predicted octanol–water partition coefficient (Wildman–Crippen LogP) is 7.04. The summed E-state index contributed by atoms with van der Waals surface area (Å²) in [5.41, 5.74) is 1.68. The molecule has 0 bridgehead atoms. The smallest absolute Gasteiger partial charge is 0.0116 e. The first-order valence-corrected chi connectivity index (χ1v) is 10.4. The van der Waals surface area contributed by atoms with E-state index in [0.717, 1.165) is 5.92 Å². The molecule has 0 saturated heterocycles. The van der Waals surface area contributed by atoms with Crippen molar-refractivity contribution in [2.24, 2.45) is 5.92 Å². The monoisotopic (exact) mass is 340 g/mol. The van der Waals surface area contributed by atoms with Gasteiger partial charge >= 0.3 is 0 Å². The van der Waals surface area contributed by atoms with Crippen LogP contribution in [0.1, 0.15) is 32.1 Å². The average Bonchev–Trinajstić information content (AvgIpc) is 2.63. The van der Waals surface area contributed by atoms with Crippen LogP contribution in [-0.4, -0.2) is 5.75 Å². The molecule has 0 heterocycles. The van der Waals surface area contributed by atoms with Crippen molar-refractivity contribution in [2.75, 3.05) is 5.75 Å². The lowest BCUT2D eigenvalue weighted by molar-refractivity contribution is 0.446. The van der Waals surface area contributed by atoms with Crippen LogP contribution in [0, 0.1) is 5.92 Å². The number of hydrogen-bond acceptors (Lipinski definition) is 2. The second kappa shape index (κ2) is 9.24. The number of hydrogen-bond donors (Lipinski definition) is 0. The van der Waals surface area contributed by atoms with E-state index in [1.54, 1.807) is 5.57 Å². The van der Waals surface area contributed by atoms with E-state index in [1.807, 2.05) is 23.5 Å². The normalized spacial score (nSPS) is 19.8. The van der Waals surface area contributed by atoms with Gasteiger partial charge in [0, 0.05) is 9.79 Å². The zero-order valence-electron chi connectivity index (χ0n) is 13.5. The Hall–Kier alpha value is -1.12. The van der Waals surface area contributed by atoms with E-state index in [9.17, 15) is 0 Å². The molecule has 1 fully saturated rings. The summed E-state index contributed by atoms with van der Waals surface area (Å²) in [5, 5.41) is 2.44. The molecular formula is C21H24S2. The molecule has 1 aliphatic carbocycles. The summed E-state index contributed by atoms with van der Waals surface area (Å²) in [7, 11) is 0. The molecule has 1 atom stereocenters. The molecule has 1 saturated carbocycles. The molecule has 2 aromatic rings. The summed E-state index contributed by atoms with van der Waals surface area (Å²) in [6.45, 7) is 0. The van der Waals surface area contributed by atoms with Gasteiger partial charge in [0.25, 0.3) is 0 Å². The third-order valence-corrected chi connectivity index (χ3v) is 6.37. The first kappa shape index (κ1) is 16.7. The third-order valence-electron chi connectivity index (χ3n) is 4.36. The van der Waals surface area contributed by atoms with Gasteiger partial charge in [0.15, 0.2) is 0 Å². The van der Waals surface area contributed by atoms with Crippen LogP contribution in [0.5, 0.6) is 0 Å². The Labute approximate surface area is 148 Å². The fourth-order valence-electron chi connectivity index (χ4n) is 3.07. The maximum Gasteiger partial charge on any atom is 0.0116 e. The molecule has 0 aliphatic heterocycles. The predicted molar refractivity (Wildman–Crippen MR) is 104 cm³/mol. The van der Waals surface area contributed by atoms with Gasteiger partial charge in [-0.3, -0.25) is 0 Å². The minimum atomic E-state index is 0.788. The lowest BCUT2D eigenvalue weighted by atomic mass is 9.84. The Balaban J connectivity index is 1.53. The maximum atomic E-state index is 2.44. The summed E-state index contributed by atoms with van der Waals surface area (Å²) < 4.78 is 0. The topological polar surface area (TPSA) is 0 Å². The molecule has 120 valence electrons. The molecule has 2 heteroatoms. The van der Waals surface area contributed by atoms with Crippen molar-refractivity contribution in [3.8, 4) is 0 Å². The first-order valence-electron chi connectivity index (χ1n) is 8.50. The molecule has 0 aromatic heterocycles. The second-order valence-electron chi connectivity index (χ2n) is 6.02. The summed E-state index contributed by atoms with van der Waals surface area (Å²) in [6.07, 6.45) is 6.73. The van der Waals surface area contributed by atoms with E-state index in [1.165, 1.54) is 47.6 Å². The van der Waals surface area contributed by atoms with Crippen LogP contribution in [0.25, 0.3) is 0 Å². The minimum absolute atomic E-state index is 0.788. The Bertz CT molecular complexity index is 604. The van der Waals surface area contributed by atoms with Crippen LogP contribution in [0.3, 0.4) is 0 Å². The zero-order chi connectivity index (χ0) is 15.7. The van der Waals surface area contributed by atoms with Crippen LogP contribution in [0.2, 0.25) is 0 Å². The molecular weight excluding hydrogens is 316 g/mol. The van der Waals surface area contributed by atoms with Crippen molar-refractivity contribution in [3.63, 3.8) is 0 Å². The maximum absolute atomic E-state index is 2.44. The van der Waals surface area contributed by atoms with E-state index in [-0.39, 0.29) is 0 Å². The van der Waals surface area contributed by atoms with Gasteiger partial charge in [0.05, 0.1) is 0 Å². The highest BCUT2D eigenvalue weighted by atomic mass is 32.2. The molecule has 0 spiro atoms. The largest absolute Gasteiger partial charge is 0.126 e. The van der Waals surface area contributed by atoms with Crippen LogP contribution < -0.4 is 0 Å². The molecule has 1 aliphatic rings. The van der Waals surface area contributed by atoms with E-state index in [4.69, 9.17) is 0 Å². The van der Waals surface area contributed by atoms with E-state index < -0.39 is 0 Å². The molecule has 0 amide bonds. The van der Waals surface area contributed by atoms with Crippen molar-refractivity contribution in [1.29, 1.82) is 0 Å². The summed E-state index contributed by atoms with van der Waals surface area (Å²) in [5.74, 6) is 2.01. The van der Waals surface area contributed by atoms with Gasteiger partial charge in [0.2, 0.25) is 0 Å². The van der Waals surface area contributed by atoms with Gasteiger partial charge in [-0.25, -0.2) is 0 Å². The van der Waals surface area contributed by atoms with Crippen molar-refractivity contribution in [2.45, 2.75) is 41.9 Å². The van der Waals surface area contributed by atoms with Crippen molar-refractivity contribution >= 4 is 23.5 Å². The van der Waals surface area contributed by atoms with E-state index in [2.05, 4.69) is 66.1 Å². The standard InChI is InChI=1S/C21H24S2/c1-3-11-20(12-4-1)22-16-15-18-9-7-8-10-19(18)17-23-21-13-5-2-6-14-21/h1-6,11-14,17-18H,7-10,15-16H2/b19-17+. The van der Waals surface area contributed by atoms with Crippen molar-refractivity contribution < 1.29 is 0 Å². The highest BCUT2D eigenvalue weighted by Crippen LogP contribution is 2.36. The van der Waals surface area contributed by atoms with Gasteiger partial charge in [-0.05, 0) is 67.0 Å². The number of allylic oxidation sites excluding steroid dienone is 1. The number of thioether (sulfide) groups is 2. The lowest BCUT2D eigenvalue weighted by Crippen LogP contribution is -2.10. The number of benzene rings is 2. The fraction of sp³-hybridized carbons (Fsp3) is 0.333. The first-order chi connectivity index (χ1) is 11.4. The third kappa shape index (κ3) is 5.47. The van der Waals surface area contributed by atoms with Gasteiger partial charge in [-0.2, -0.15) is 0 Å². The van der Waals surface area contributed by atoms with Crippen molar-refractivity contribution in [1.82, 2.24) is 0 Å². The number of rotatable bonds is 6. The van der Waals surface area contributed by atoms with Gasteiger partial charge < -0.3 is 0 Å². The van der Waals surface area contributed by atoms with Crippen LogP contribution in [-0.2, 0) is 0 Å². The van der Waals surface area contributed by atoms with Gasteiger partial charge in [-0.15, -0.1) is 11.8 Å². The highest BCUT2D eigenvalue weighted by molar-refractivity contribution is 8.02. The van der Waals surface area contributed by atoms with E-state index >= 15 is 0 Å². The molecule has 0 N–H and O–H groups in total. The van der Waals surface area contributed by atoms with E-state index in [0.29, 0.717) is 0 Å². The van der Waals surface area contributed by atoms with Gasteiger partial charge in [0.1, 0.15) is 0 Å². The molecule has 2 aromatic carbocycles. The molecule has 3 rings (SSSR count). The van der Waals surface area contributed by atoms with Crippen molar-refractivity contribution in [3.05, 3.63) is 71.6 Å². The van der Waals surface area contributed by atoms with Crippen LogP contribution >= 0.6 is 23.5 Å². The molecule has 1 unspecified atom stereocenters. The molecule has 23 heavy (non-hydrogen) atoms. The molecule has 0 nitrogen and oxygen atoms in total. The Morgan fingerprint density at radius 3 is 2.30 bits per heavy atom. The van der Waals surface area contributed by atoms with Crippen LogP contribution in [0.4, 0.5) is 0 Å². The lowest BCUT2D eigenvalue weighted by Gasteiger charge is -2.25. The van der Waals surface area contributed by atoms with Gasteiger partial charge in [-0.1, -0.05) is 60.2 Å². The quantitative estimate of drug-likeness (QED) is 0.517. The average molecular weight is 341 g/mol. The summed E-state index contributed by atoms with van der Waals surface area (Å²) in [4.78, 5) is 2.75. The minimum Gasteiger partial charge on any atom is -0.126 e. The highest BCUT2D eigenvalue weighted by Gasteiger charge is 2.18. The Morgan fingerprint density at radius 2 is 1.57 bits per heavy atom. The SMILES string of the molecule is C(/Sc1ccccc1)=C1/CCCCC1CCSc1ccccc1. The second-order valence-corrected chi connectivity index (χ2v) is 8.13. The Morgan fingerprint density at radius 1 is 0.870 bits per heavy atom. The molecule has 0 radical (unpaired) electrons. The summed E-state index contributed by atoms with van der Waals surface area (Å²) in [6, 6.07) is 21.5. The zero-order valence-corrected chi connectivity index (χ0v) is 15.1.